The van der Waals surface area contributed by atoms with Crippen molar-refractivity contribution in [2.45, 2.75) is 52.3 Å². The van der Waals surface area contributed by atoms with Crippen molar-refractivity contribution in [3.05, 3.63) is 0 Å². The number of aliphatic hydroxyl groups is 1. The smallest absolute Gasteiger partial charge is 0.0645 e. The van der Waals surface area contributed by atoms with Crippen LogP contribution in [0.15, 0.2) is 0 Å². The van der Waals surface area contributed by atoms with Crippen LogP contribution >= 0.6 is 0 Å². The second-order valence-corrected chi connectivity index (χ2v) is 3.75. The molecule has 0 bridgehead atoms. The van der Waals surface area contributed by atoms with Crippen molar-refractivity contribution in [3.63, 3.8) is 0 Å². The van der Waals surface area contributed by atoms with E-state index < -0.39 is 0 Å². The zero-order chi connectivity index (χ0) is 10.3. The molecule has 0 radical (unpaired) electrons. The molecule has 0 aromatic carbocycles. The summed E-state index contributed by atoms with van der Waals surface area (Å²) in [6.07, 6.45) is 1.29. The first kappa shape index (κ1) is 12.9. The zero-order valence-corrected chi connectivity index (χ0v) is 9.21. The van der Waals surface area contributed by atoms with Gasteiger partial charge in [-0.2, -0.15) is 0 Å². The number of hydrogen-bond donors (Lipinski definition) is 2. The minimum atomic E-state index is 0.0639. The Kier molecular flexibility index (Phi) is 7.23. The van der Waals surface area contributed by atoms with E-state index in [0.29, 0.717) is 12.6 Å². The van der Waals surface area contributed by atoms with Gasteiger partial charge in [-0.25, -0.2) is 0 Å². The lowest BCUT2D eigenvalue weighted by Gasteiger charge is -2.21. The summed E-state index contributed by atoms with van der Waals surface area (Å²) in [6.45, 7) is 8.98. The van der Waals surface area contributed by atoms with Crippen molar-refractivity contribution in [2.75, 3.05) is 13.2 Å². The summed E-state index contributed by atoms with van der Waals surface area (Å²) in [6, 6.07) is 0.451. The van der Waals surface area contributed by atoms with Gasteiger partial charge in [0, 0.05) is 6.04 Å². The second-order valence-electron chi connectivity index (χ2n) is 3.75. The fraction of sp³-hybridized carbons (Fsp3) is 1.00. The predicted octanol–water partition coefficient (Wildman–Crippen LogP) is 1.16. The monoisotopic (exact) mass is 189 g/mol. The van der Waals surface area contributed by atoms with Crippen LogP contribution in [-0.2, 0) is 4.74 Å². The molecule has 80 valence electrons. The van der Waals surface area contributed by atoms with Crippen molar-refractivity contribution in [1.29, 1.82) is 0 Å². The molecule has 2 unspecified atom stereocenters. The van der Waals surface area contributed by atoms with Gasteiger partial charge in [0.1, 0.15) is 0 Å². The van der Waals surface area contributed by atoms with Crippen LogP contribution in [0, 0.1) is 0 Å². The molecule has 0 aromatic rings. The number of hydrogen-bond acceptors (Lipinski definition) is 3. The lowest BCUT2D eigenvalue weighted by Crippen LogP contribution is -2.41. The minimum absolute atomic E-state index is 0.0639. The second kappa shape index (κ2) is 7.30. The molecule has 0 aliphatic rings. The highest BCUT2D eigenvalue weighted by atomic mass is 16.5. The summed E-state index contributed by atoms with van der Waals surface area (Å²) in [4.78, 5) is 0. The van der Waals surface area contributed by atoms with Gasteiger partial charge in [-0.05, 0) is 13.3 Å². The van der Waals surface area contributed by atoms with Gasteiger partial charge in [-0.1, -0.05) is 20.8 Å². The molecule has 0 aliphatic heterocycles. The standard InChI is InChI=1S/C10H23NO2/c1-5-9(4)13-7-10(6-12)11-8(2)3/h8-12H,5-7H2,1-4H3. The molecule has 3 heteroatoms. The molecule has 0 saturated heterocycles. The molecule has 2 atom stereocenters. The van der Waals surface area contributed by atoms with E-state index in [1.165, 1.54) is 0 Å². The Morgan fingerprint density at radius 3 is 2.31 bits per heavy atom. The highest BCUT2D eigenvalue weighted by molar-refractivity contribution is 4.67. The third kappa shape index (κ3) is 6.99. The minimum Gasteiger partial charge on any atom is -0.395 e. The first-order chi connectivity index (χ1) is 6.10. The molecule has 0 spiro atoms. The van der Waals surface area contributed by atoms with E-state index in [0.717, 1.165) is 6.42 Å². The Bertz CT molecular complexity index is 117. The molecule has 3 nitrogen and oxygen atoms in total. The van der Waals surface area contributed by atoms with Crippen molar-refractivity contribution in [1.82, 2.24) is 5.32 Å². The summed E-state index contributed by atoms with van der Waals surface area (Å²) < 4.78 is 5.52. The highest BCUT2D eigenvalue weighted by Gasteiger charge is 2.09. The van der Waals surface area contributed by atoms with E-state index in [4.69, 9.17) is 9.84 Å². The van der Waals surface area contributed by atoms with Crippen LogP contribution in [0.1, 0.15) is 34.1 Å². The first-order valence-corrected chi connectivity index (χ1v) is 5.08. The largest absolute Gasteiger partial charge is 0.395 e. The van der Waals surface area contributed by atoms with Crippen molar-refractivity contribution >= 4 is 0 Å². The molecule has 0 saturated carbocycles. The van der Waals surface area contributed by atoms with Crippen LogP contribution in [0.2, 0.25) is 0 Å². The number of ether oxygens (including phenoxy) is 1. The SMILES string of the molecule is CCC(C)OCC(CO)NC(C)C. The maximum atomic E-state index is 9.02. The van der Waals surface area contributed by atoms with Crippen LogP contribution in [0.5, 0.6) is 0 Å². The van der Waals surface area contributed by atoms with Crippen LogP contribution in [-0.4, -0.2) is 36.5 Å². The molecule has 0 rings (SSSR count). The predicted molar refractivity (Wildman–Crippen MR) is 54.9 cm³/mol. The first-order valence-electron chi connectivity index (χ1n) is 5.08. The average Bonchev–Trinajstić information content (AvgIpc) is 2.10. The van der Waals surface area contributed by atoms with Gasteiger partial charge in [-0.3, -0.25) is 0 Å². The van der Waals surface area contributed by atoms with Crippen LogP contribution in [0.25, 0.3) is 0 Å². The molecule has 0 heterocycles. The third-order valence-electron chi connectivity index (χ3n) is 1.95. The summed E-state index contributed by atoms with van der Waals surface area (Å²) in [5.74, 6) is 0. The van der Waals surface area contributed by atoms with Crippen molar-refractivity contribution < 1.29 is 9.84 Å². The van der Waals surface area contributed by atoms with E-state index in [-0.39, 0.29) is 18.8 Å². The third-order valence-corrected chi connectivity index (χ3v) is 1.95. The van der Waals surface area contributed by atoms with Crippen molar-refractivity contribution in [3.8, 4) is 0 Å². The molecule has 0 aromatic heterocycles. The Hall–Kier alpha value is -0.120. The molecule has 2 N–H and O–H groups in total. The fourth-order valence-electron chi connectivity index (χ4n) is 1.02. The van der Waals surface area contributed by atoms with Crippen molar-refractivity contribution in [2.24, 2.45) is 0 Å². The summed E-state index contributed by atoms with van der Waals surface area (Å²) in [7, 11) is 0. The van der Waals surface area contributed by atoms with Gasteiger partial charge in [0.2, 0.25) is 0 Å². The Labute approximate surface area is 81.5 Å². The Balaban J connectivity index is 3.59. The average molecular weight is 189 g/mol. The number of nitrogens with one attached hydrogen (secondary N) is 1. The van der Waals surface area contributed by atoms with E-state index in [1.807, 2.05) is 6.92 Å². The van der Waals surface area contributed by atoms with E-state index in [2.05, 4.69) is 26.1 Å². The molecule has 13 heavy (non-hydrogen) atoms. The fourth-order valence-corrected chi connectivity index (χ4v) is 1.02. The lowest BCUT2D eigenvalue weighted by molar-refractivity contribution is 0.0336. The Morgan fingerprint density at radius 1 is 1.31 bits per heavy atom. The maximum absolute atomic E-state index is 9.02. The van der Waals surface area contributed by atoms with Crippen LogP contribution < -0.4 is 5.32 Å². The van der Waals surface area contributed by atoms with Gasteiger partial charge in [0.15, 0.2) is 0 Å². The van der Waals surface area contributed by atoms with E-state index in [1.54, 1.807) is 0 Å². The van der Waals surface area contributed by atoms with Crippen LogP contribution in [0.4, 0.5) is 0 Å². The molecular weight excluding hydrogens is 166 g/mol. The molecular formula is C10H23NO2. The lowest BCUT2D eigenvalue weighted by atomic mass is 10.2. The topological polar surface area (TPSA) is 41.5 Å². The Morgan fingerprint density at radius 2 is 1.92 bits per heavy atom. The van der Waals surface area contributed by atoms with E-state index >= 15 is 0 Å². The number of rotatable bonds is 7. The van der Waals surface area contributed by atoms with Gasteiger partial charge in [0.05, 0.1) is 25.4 Å². The summed E-state index contributed by atoms with van der Waals surface area (Å²) in [5.41, 5.74) is 0. The number of aliphatic hydroxyl groups excluding tert-OH is 1. The summed E-state index contributed by atoms with van der Waals surface area (Å²) in [5, 5.41) is 12.3. The summed E-state index contributed by atoms with van der Waals surface area (Å²) >= 11 is 0. The molecule has 0 fully saturated rings. The van der Waals surface area contributed by atoms with Gasteiger partial charge in [-0.15, -0.1) is 0 Å². The highest BCUT2D eigenvalue weighted by Crippen LogP contribution is 1.97. The van der Waals surface area contributed by atoms with Gasteiger partial charge in [0.25, 0.3) is 0 Å². The normalized spacial score (nSPS) is 16.2. The van der Waals surface area contributed by atoms with Gasteiger partial charge >= 0.3 is 0 Å². The zero-order valence-electron chi connectivity index (χ0n) is 9.21. The van der Waals surface area contributed by atoms with Gasteiger partial charge < -0.3 is 15.2 Å². The molecule has 0 aliphatic carbocycles. The van der Waals surface area contributed by atoms with E-state index in [9.17, 15) is 0 Å². The van der Waals surface area contributed by atoms with Crippen LogP contribution in [0.3, 0.4) is 0 Å². The molecule has 0 amide bonds. The quantitative estimate of drug-likeness (QED) is 0.631. The maximum Gasteiger partial charge on any atom is 0.0645 e.